The van der Waals surface area contributed by atoms with Crippen LogP contribution in [0.4, 0.5) is 13.2 Å². The van der Waals surface area contributed by atoms with Gasteiger partial charge in [0.1, 0.15) is 0 Å². The smallest absolute Gasteiger partial charge is 0.314 e. The average molecular weight is 278 g/mol. The van der Waals surface area contributed by atoms with Crippen LogP contribution in [-0.2, 0) is 12.6 Å². The molecule has 0 aromatic heterocycles. The lowest BCUT2D eigenvalue weighted by molar-refractivity contribution is -0.138. The van der Waals surface area contributed by atoms with Crippen LogP contribution in [0.15, 0.2) is 18.2 Å². The van der Waals surface area contributed by atoms with Crippen molar-refractivity contribution in [2.75, 3.05) is 6.54 Å². The van der Waals surface area contributed by atoms with Crippen LogP contribution in [0, 0.1) is 0 Å². The predicted octanol–water partition coefficient (Wildman–Crippen LogP) is 4.04. The van der Waals surface area contributed by atoms with Crippen LogP contribution in [-0.4, -0.2) is 12.6 Å². The molecule has 1 aliphatic rings. The van der Waals surface area contributed by atoms with E-state index >= 15 is 0 Å². The quantitative estimate of drug-likeness (QED) is 0.860. The van der Waals surface area contributed by atoms with Gasteiger partial charge in [0, 0.05) is 11.1 Å². The summed E-state index contributed by atoms with van der Waals surface area (Å²) in [6.45, 7) is 0.888. The van der Waals surface area contributed by atoms with Crippen molar-refractivity contribution in [1.29, 1.82) is 0 Å². The molecule has 1 heterocycles. The summed E-state index contributed by atoms with van der Waals surface area (Å²) in [6, 6.07) is 4.16. The maximum atomic E-state index is 12.9. The molecule has 1 unspecified atom stereocenters. The molecule has 18 heavy (non-hydrogen) atoms. The molecule has 0 bridgehead atoms. The zero-order valence-corrected chi connectivity index (χ0v) is 10.6. The van der Waals surface area contributed by atoms with Gasteiger partial charge in [-0.05, 0) is 43.5 Å². The normalized spacial score (nSPS) is 21.0. The van der Waals surface area contributed by atoms with Crippen LogP contribution in [0.5, 0.6) is 0 Å². The van der Waals surface area contributed by atoms with Crippen molar-refractivity contribution in [3.8, 4) is 0 Å². The summed E-state index contributed by atoms with van der Waals surface area (Å²) in [4.78, 5) is 0. The van der Waals surface area contributed by atoms with Gasteiger partial charge < -0.3 is 5.32 Å². The minimum Gasteiger partial charge on any atom is -0.314 e. The second-order valence-electron chi connectivity index (χ2n) is 4.65. The molecule has 0 radical (unpaired) electrons. The Morgan fingerprint density at radius 1 is 1.28 bits per heavy atom. The summed E-state index contributed by atoms with van der Waals surface area (Å²) in [5.74, 6) is 0. The van der Waals surface area contributed by atoms with Crippen molar-refractivity contribution in [2.45, 2.75) is 37.9 Å². The Morgan fingerprint density at radius 2 is 2.06 bits per heavy atom. The minimum absolute atomic E-state index is 0.127. The lowest BCUT2D eigenvalue weighted by atomic mass is 9.95. The molecule has 0 saturated carbocycles. The van der Waals surface area contributed by atoms with Gasteiger partial charge in [0.2, 0.25) is 0 Å². The van der Waals surface area contributed by atoms with Gasteiger partial charge in [0.25, 0.3) is 0 Å². The van der Waals surface area contributed by atoms with Crippen molar-refractivity contribution < 1.29 is 13.2 Å². The highest BCUT2D eigenvalue weighted by Crippen LogP contribution is 2.34. The van der Waals surface area contributed by atoms with Crippen LogP contribution in [0.25, 0.3) is 0 Å². The number of halogens is 4. The van der Waals surface area contributed by atoms with E-state index in [-0.39, 0.29) is 11.1 Å². The molecule has 100 valence electrons. The van der Waals surface area contributed by atoms with Crippen LogP contribution in [0.2, 0.25) is 5.02 Å². The van der Waals surface area contributed by atoms with E-state index < -0.39 is 11.7 Å². The molecule has 1 nitrogen and oxygen atoms in total. The maximum Gasteiger partial charge on any atom is 0.416 e. The van der Waals surface area contributed by atoms with Crippen LogP contribution in [0.3, 0.4) is 0 Å². The fraction of sp³-hybridized carbons (Fsp3) is 0.538. The van der Waals surface area contributed by atoms with Gasteiger partial charge in [-0.25, -0.2) is 0 Å². The molecule has 1 aromatic rings. The molecule has 1 atom stereocenters. The lowest BCUT2D eigenvalue weighted by Gasteiger charge is -2.25. The molecule has 1 aliphatic heterocycles. The van der Waals surface area contributed by atoms with Crippen LogP contribution < -0.4 is 5.32 Å². The van der Waals surface area contributed by atoms with Gasteiger partial charge in [-0.3, -0.25) is 0 Å². The van der Waals surface area contributed by atoms with E-state index in [1.807, 2.05) is 0 Å². The van der Waals surface area contributed by atoms with Gasteiger partial charge in [0.05, 0.1) is 5.56 Å². The summed E-state index contributed by atoms with van der Waals surface area (Å²) < 4.78 is 38.7. The highest BCUT2D eigenvalue weighted by Gasteiger charge is 2.34. The van der Waals surface area contributed by atoms with Gasteiger partial charge in [0.15, 0.2) is 0 Å². The van der Waals surface area contributed by atoms with Gasteiger partial charge >= 0.3 is 6.18 Å². The standard InChI is InChI=1S/C13H15ClF3N/c14-10-5-4-9(12(8-10)13(15,16)17)7-11-3-1-2-6-18-11/h4-5,8,11,18H,1-3,6-7H2. The Bertz CT molecular complexity index is 411. The zero-order chi connectivity index (χ0) is 13.2. The number of hydrogen-bond acceptors (Lipinski definition) is 1. The number of alkyl halides is 3. The van der Waals surface area contributed by atoms with E-state index in [4.69, 9.17) is 11.6 Å². The molecule has 2 rings (SSSR count). The first-order chi connectivity index (χ1) is 8.47. The Morgan fingerprint density at radius 3 is 2.67 bits per heavy atom. The SMILES string of the molecule is FC(F)(F)c1cc(Cl)ccc1CC1CCCCN1. The summed E-state index contributed by atoms with van der Waals surface area (Å²) in [5.41, 5.74) is -0.284. The molecule has 0 aliphatic carbocycles. The summed E-state index contributed by atoms with van der Waals surface area (Å²) in [7, 11) is 0. The van der Waals surface area contributed by atoms with Gasteiger partial charge in [-0.2, -0.15) is 13.2 Å². The Kier molecular flexibility index (Phi) is 4.17. The molecule has 0 amide bonds. The average Bonchev–Trinajstić information content (AvgIpc) is 2.31. The molecule has 1 N–H and O–H groups in total. The molecule has 1 aromatic carbocycles. The third-order valence-corrected chi connectivity index (χ3v) is 3.49. The summed E-state index contributed by atoms with van der Waals surface area (Å²) in [5, 5.41) is 3.39. The highest BCUT2D eigenvalue weighted by atomic mass is 35.5. The Balaban J connectivity index is 2.21. The first-order valence-corrected chi connectivity index (χ1v) is 6.43. The second kappa shape index (κ2) is 5.49. The molecular formula is C13H15ClF3N. The van der Waals surface area contributed by atoms with E-state index in [0.29, 0.717) is 12.0 Å². The van der Waals surface area contributed by atoms with Gasteiger partial charge in [-0.1, -0.05) is 24.1 Å². The highest BCUT2D eigenvalue weighted by molar-refractivity contribution is 6.30. The van der Waals surface area contributed by atoms with E-state index in [1.54, 1.807) is 0 Å². The first kappa shape index (κ1) is 13.7. The minimum atomic E-state index is -4.34. The zero-order valence-electron chi connectivity index (χ0n) is 9.86. The van der Waals surface area contributed by atoms with Crippen LogP contribution in [0.1, 0.15) is 30.4 Å². The van der Waals surface area contributed by atoms with Gasteiger partial charge in [-0.15, -0.1) is 0 Å². The van der Waals surface area contributed by atoms with E-state index in [1.165, 1.54) is 12.1 Å². The summed E-state index contributed by atoms with van der Waals surface area (Å²) >= 11 is 5.65. The summed E-state index contributed by atoms with van der Waals surface area (Å²) in [6.07, 6.45) is -0.823. The van der Waals surface area contributed by atoms with Crippen molar-refractivity contribution in [1.82, 2.24) is 5.32 Å². The number of piperidine rings is 1. The number of rotatable bonds is 2. The van der Waals surface area contributed by atoms with E-state index in [2.05, 4.69) is 5.32 Å². The van der Waals surface area contributed by atoms with Crippen molar-refractivity contribution in [3.05, 3.63) is 34.3 Å². The van der Waals surface area contributed by atoms with Crippen molar-refractivity contribution >= 4 is 11.6 Å². The Hall–Kier alpha value is -0.740. The lowest BCUT2D eigenvalue weighted by Crippen LogP contribution is -2.36. The largest absolute Gasteiger partial charge is 0.416 e. The third-order valence-electron chi connectivity index (χ3n) is 3.26. The van der Waals surface area contributed by atoms with Crippen molar-refractivity contribution in [3.63, 3.8) is 0 Å². The fourth-order valence-corrected chi connectivity index (χ4v) is 2.53. The second-order valence-corrected chi connectivity index (χ2v) is 5.09. The molecule has 1 saturated heterocycles. The monoisotopic (exact) mass is 277 g/mol. The van der Waals surface area contributed by atoms with Crippen molar-refractivity contribution in [2.24, 2.45) is 0 Å². The van der Waals surface area contributed by atoms with E-state index in [0.717, 1.165) is 31.9 Å². The number of nitrogens with one attached hydrogen (secondary N) is 1. The molecule has 1 fully saturated rings. The van der Waals surface area contributed by atoms with Crippen LogP contribution >= 0.6 is 11.6 Å². The maximum absolute atomic E-state index is 12.9. The third kappa shape index (κ3) is 3.39. The molecule has 5 heteroatoms. The van der Waals surface area contributed by atoms with E-state index in [9.17, 15) is 13.2 Å². The molecular weight excluding hydrogens is 263 g/mol. The fourth-order valence-electron chi connectivity index (χ4n) is 2.35. The molecule has 0 spiro atoms. The topological polar surface area (TPSA) is 12.0 Å². The predicted molar refractivity (Wildman–Crippen MR) is 65.8 cm³/mol. The first-order valence-electron chi connectivity index (χ1n) is 6.06. The Labute approximate surface area is 109 Å². The number of hydrogen-bond donors (Lipinski definition) is 1. The number of benzene rings is 1.